The fraction of sp³-hybridized carbons (Fsp3) is 0.500. The maximum Gasteiger partial charge on any atom is 0.309 e. The summed E-state index contributed by atoms with van der Waals surface area (Å²) in [6.45, 7) is 4.20. The number of carbonyl (C=O) groups excluding carboxylic acids is 1. The molecule has 0 bridgehead atoms. The highest BCUT2D eigenvalue weighted by molar-refractivity contribution is 5.72. The first kappa shape index (κ1) is 22.6. The Morgan fingerprint density at radius 3 is 2.52 bits per heavy atom. The van der Waals surface area contributed by atoms with Crippen LogP contribution < -0.4 is 11.1 Å². The number of methoxy groups -OCH3 is 1. The predicted molar refractivity (Wildman–Crippen MR) is 115 cm³/mol. The van der Waals surface area contributed by atoms with E-state index in [1.165, 1.54) is 7.11 Å². The van der Waals surface area contributed by atoms with Crippen LogP contribution in [0.5, 0.6) is 0 Å². The zero-order valence-electron chi connectivity index (χ0n) is 17.6. The van der Waals surface area contributed by atoms with Crippen molar-refractivity contribution in [1.82, 2.24) is 9.97 Å². The number of anilines is 2. The number of nitrogen functional groups attached to an aromatic ring is 1. The van der Waals surface area contributed by atoms with Gasteiger partial charge in [-0.25, -0.2) is 4.98 Å². The molecule has 1 unspecified atom stereocenters. The number of aliphatic hydroxyl groups excluding tert-OH is 1. The Bertz CT molecular complexity index is 793. The summed E-state index contributed by atoms with van der Waals surface area (Å²) in [6.07, 6.45) is 4.69. The lowest BCUT2D eigenvalue weighted by Crippen LogP contribution is -2.23. The summed E-state index contributed by atoms with van der Waals surface area (Å²) in [4.78, 5) is 20.2. The van der Waals surface area contributed by atoms with E-state index in [0.29, 0.717) is 12.8 Å². The van der Waals surface area contributed by atoms with Crippen LogP contribution in [0.1, 0.15) is 55.0 Å². The number of nitrogens with two attached hydrogens (primary N) is 1. The van der Waals surface area contributed by atoms with Crippen LogP contribution in [0.25, 0.3) is 0 Å². The lowest BCUT2D eigenvalue weighted by Gasteiger charge is -2.21. The molecule has 0 fully saturated rings. The zero-order valence-corrected chi connectivity index (χ0v) is 17.6. The summed E-state index contributed by atoms with van der Waals surface area (Å²) >= 11 is 0. The summed E-state index contributed by atoms with van der Waals surface area (Å²) in [6, 6.07) is 8.00. The number of unbranched alkanes of at least 4 members (excludes halogenated alkanes) is 1. The van der Waals surface area contributed by atoms with Gasteiger partial charge in [0.1, 0.15) is 5.82 Å². The van der Waals surface area contributed by atoms with Gasteiger partial charge >= 0.3 is 5.97 Å². The number of nitrogens with zero attached hydrogens (tertiary/aromatic N) is 2. The largest absolute Gasteiger partial charge is 0.469 e. The molecule has 0 aliphatic carbocycles. The molecule has 1 aromatic carbocycles. The van der Waals surface area contributed by atoms with E-state index < -0.39 is 0 Å². The van der Waals surface area contributed by atoms with Gasteiger partial charge in [-0.05, 0) is 30.9 Å². The second kappa shape index (κ2) is 11.4. The number of esters is 1. The van der Waals surface area contributed by atoms with Gasteiger partial charge < -0.3 is 20.9 Å². The zero-order chi connectivity index (χ0) is 21.2. The molecule has 1 heterocycles. The van der Waals surface area contributed by atoms with Crippen LogP contribution in [0, 0.1) is 6.92 Å². The maximum absolute atomic E-state index is 11.4. The quantitative estimate of drug-likeness (QED) is 0.497. The number of hydrogen-bond donors (Lipinski definition) is 3. The molecule has 0 saturated heterocycles. The lowest BCUT2D eigenvalue weighted by molar-refractivity contribution is -0.139. The van der Waals surface area contributed by atoms with E-state index in [-0.39, 0.29) is 31.0 Å². The van der Waals surface area contributed by atoms with Crippen LogP contribution in [0.4, 0.5) is 11.8 Å². The van der Waals surface area contributed by atoms with Gasteiger partial charge in [0.05, 0.1) is 13.5 Å². The Labute approximate surface area is 172 Å². The summed E-state index contributed by atoms with van der Waals surface area (Å²) in [5.41, 5.74) is 9.71. The standard InChI is InChI=1S/C22H32N4O3/c1-4-5-6-18(11-12-27)25-21-19(15(2)24-22(23)26-21)13-16-7-9-17(10-8-16)14-20(28)29-3/h7-10,18,27H,4-6,11-14H2,1-3H3,(H3,23,24,25,26). The molecular formula is C22H32N4O3. The number of ether oxygens (including phenoxy) is 1. The van der Waals surface area contributed by atoms with Crippen LogP contribution in [-0.4, -0.2) is 40.8 Å². The number of aliphatic hydroxyl groups is 1. The third kappa shape index (κ3) is 7.02. The van der Waals surface area contributed by atoms with Crippen molar-refractivity contribution in [2.45, 2.75) is 58.4 Å². The molecule has 158 valence electrons. The van der Waals surface area contributed by atoms with E-state index in [2.05, 4.69) is 22.2 Å². The second-order valence-electron chi connectivity index (χ2n) is 7.24. The molecular weight excluding hydrogens is 368 g/mol. The van der Waals surface area contributed by atoms with E-state index in [1.54, 1.807) is 0 Å². The maximum atomic E-state index is 11.4. The van der Waals surface area contributed by atoms with E-state index in [4.69, 9.17) is 10.5 Å². The van der Waals surface area contributed by atoms with Crippen LogP contribution in [-0.2, 0) is 22.4 Å². The van der Waals surface area contributed by atoms with Gasteiger partial charge in [-0.15, -0.1) is 0 Å². The van der Waals surface area contributed by atoms with Crippen LogP contribution >= 0.6 is 0 Å². The minimum absolute atomic E-state index is 0.123. The molecule has 0 aliphatic rings. The molecule has 29 heavy (non-hydrogen) atoms. The first-order chi connectivity index (χ1) is 14.0. The van der Waals surface area contributed by atoms with Gasteiger partial charge in [0.2, 0.25) is 5.95 Å². The van der Waals surface area contributed by atoms with Crippen molar-refractivity contribution in [3.8, 4) is 0 Å². The fourth-order valence-electron chi connectivity index (χ4n) is 3.26. The van der Waals surface area contributed by atoms with Crippen molar-refractivity contribution in [3.63, 3.8) is 0 Å². The molecule has 4 N–H and O–H groups in total. The van der Waals surface area contributed by atoms with Gasteiger partial charge in [-0.2, -0.15) is 4.98 Å². The van der Waals surface area contributed by atoms with Gasteiger partial charge in [-0.3, -0.25) is 4.79 Å². The molecule has 1 aromatic heterocycles. The Morgan fingerprint density at radius 1 is 1.21 bits per heavy atom. The predicted octanol–water partition coefficient (Wildman–Crippen LogP) is 3.03. The van der Waals surface area contributed by atoms with Crippen LogP contribution in [0.3, 0.4) is 0 Å². The minimum atomic E-state index is -0.256. The van der Waals surface area contributed by atoms with Crippen molar-refractivity contribution in [2.75, 3.05) is 24.8 Å². The SMILES string of the molecule is CCCCC(CCO)Nc1nc(N)nc(C)c1Cc1ccc(CC(=O)OC)cc1. The Balaban J connectivity index is 2.22. The highest BCUT2D eigenvalue weighted by atomic mass is 16.5. The van der Waals surface area contributed by atoms with Crippen LogP contribution in [0.15, 0.2) is 24.3 Å². The van der Waals surface area contributed by atoms with Crippen molar-refractivity contribution >= 4 is 17.7 Å². The molecule has 0 saturated carbocycles. The molecule has 0 aliphatic heterocycles. The molecule has 1 atom stereocenters. The average Bonchev–Trinajstić information content (AvgIpc) is 2.70. The smallest absolute Gasteiger partial charge is 0.309 e. The molecule has 7 heteroatoms. The third-order valence-electron chi connectivity index (χ3n) is 4.94. The number of nitrogens with one attached hydrogen (secondary N) is 1. The van der Waals surface area contributed by atoms with E-state index in [0.717, 1.165) is 47.5 Å². The summed E-state index contributed by atoms with van der Waals surface area (Å²) in [5.74, 6) is 0.706. The summed E-state index contributed by atoms with van der Waals surface area (Å²) in [5, 5.41) is 12.9. The van der Waals surface area contributed by atoms with E-state index >= 15 is 0 Å². The number of aryl methyl sites for hydroxylation is 1. The Hall–Kier alpha value is -2.67. The lowest BCUT2D eigenvalue weighted by atomic mass is 10.0. The number of aromatic nitrogens is 2. The molecule has 0 radical (unpaired) electrons. The fourth-order valence-corrected chi connectivity index (χ4v) is 3.26. The average molecular weight is 401 g/mol. The highest BCUT2D eigenvalue weighted by Gasteiger charge is 2.16. The topological polar surface area (TPSA) is 110 Å². The van der Waals surface area contributed by atoms with E-state index in [1.807, 2.05) is 31.2 Å². The molecule has 0 amide bonds. The number of benzene rings is 1. The normalized spacial score (nSPS) is 11.9. The number of rotatable bonds is 11. The van der Waals surface area contributed by atoms with Crippen molar-refractivity contribution in [2.24, 2.45) is 0 Å². The molecule has 0 spiro atoms. The molecule has 2 rings (SSSR count). The first-order valence-corrected chi connectivity index (χ1v) is 10.1. The summed E-state index contributed by atoms with van der Waals surface area (Å²) in [7, 11) is 1.39. The molecule has 2 aromatic rings. The van der Waals surface area contributed by atoms with Crippen molar-refractivity contribution in [3.05, 3.63) is 46.6 Å². The first-order valence-electron chi connectivity index (χ1n) is 10.1. The minimum Gasteiger partial charge on any atom is -0.469 e. The molecule has 7 nitrogen and oxygen atoms in total. The number of carbonyl (C=O) groups is 1. The Kier molecular flexibility index (Phi) is 8.86. The van der Waals surface area contributed by atoms with Gasteiger partial charge in [0, 0.05) is 30.3 Å². The second-order valence-corrected chi connectivity index (χ2v) is 7.24. The third-order valence-corrected chi connectivity index (χ3v) is 4.94. The number of hydrogen-bond acceptors (Lipinski definition) is 7. The van der Waals surface area contributed by atoms with Gasteiger partial charge in [0.15, 0.2) is 0 Å². The Morgan fingerprint density at radius 2 is 1.90 bits per heavy atom. The monoisotopic (exact) mass is 400 g/mol. The van der Waals surface area contributed by atoms with Gasteiger partial charge in [0.25, 0.3) is 0 Å². The van der Waals surface area contributed by atoms with Crippen LogP contribution in [0.2, 0.25) is 0 Å². The van der Waals surface area contributed by atoms with Crippen molar-refractivity contribution < 1.29 is 14.6 Å². The van der Waals surface area contributed by atoms with E-state index in [9.17, 15) is 9.90 Å². The van der Waals surface area contributed by atoms with Gasteiger partial charge in [-0.1, -0.05) is 44.0 Å². The summed E-state index contributed by atoms with van der Waals surface area (Å²) < 4.78 is 4.71. The van der Waals surface area contributed by atoms with Crippen molar-refractivity contribution in [1.29, 1.82) is 0 Å². The highest BCUT2D eigenvalue weighted by Crippen LogP contribution is 2.24.